The van der Waals surface area contributed by atoms with E-state index < -0.39 is 0 Å². The molecule has 0 saturated carbocycles. The Morgan fingerprint density at radius 1 is 1.43 bits per heavy atom. The average Bonchev–Trinajstić information content (AvgIpc) is 2.88. The summed E-state index contributed by atoms with van der Waals surface area (Å²) in [7, 11) is 0. The van der Waals surface area contributed by atoms with Gasteiger partial charge in [0.25, 0.3) is 0 Å². The third-order valence-electron chi connectivity index (χ3n) is 3.52. The molecule has 1 aromatic heterocycles. The Morgan fingerprint density at radius 2 is 2.10 bits per heavy atom. The number of rotatable bonds is 5. The summed E-state index contributed by atoms with van der Waals surface area (Å²) in [6.45, 7) is 7.21. The van der Waals surface area contributed by atoms with Crippen LogP contribution in [0, 0.1) is 5.92 Å². The van der Waals surface area contributed by atoms with Crippen molar-refractivity contribution >= 4 is 18.3 Å². The number of aliphatic hydroxyl groups is 1. The maximum Gasteiger partial charge on any atom is 0.247 e. The van der Waals surface area contributed by atoms with Crippen LogP contribution < -0.4 is 5.32 Å². The van der Waals surface area contributed by atoms with E-state index in [1.807, 2.05) is 18.7 Å². The second kappa shape index (κ2) is 8.31. The summed E-state index contributed by atoms with van der Waals surface area (Å²) in [4.78, 5) is 14.6. The molecule has 21 heavy (non-hydrogen) atoms. The molecular formula is C13H24ClN5O2. The Bertz CT molecular complexity index is 446. The Kier molecular flexibility index (Phi) is 7.07. The highest BCUT2D eigenvalue weighted by molar-refractivity contribution is 5.85. The van der Waals surface area contributed by atoms with Gasteiger partial charge in [0.15, 0.2) is 0 Å². The smallest absolute Gasteiger partial charge is 0.247 e. The highest BCUT2D eigenvalue weighted by Gasteiger charge is 2.30. The largest absolute Gasteiger partial charge is 0.396 e. The van der Waals surface area contributed by atoms with Crippen LogP contribution in [-0.4, -0.2) is 63.7 Å². The van der Waals surface area contributed by atoms with Crippen LogP contribution in [0.4, 0.5) is 0 Å². The van der Waals surface area contributed by atoms with Crippen LogP contribution in [0.3, 0.4) is 0 Å². The molecule has 120 valence electrons. The monoisotopic (exact) mass is 317 g/mol. The first-order chi connectivity index (χ1) is 9.63. The molecule has 2 heterocycles. The summed E-state index contributed by atoms with van der Waals surface area (Å²) in [6.07, 6.45) is 2.23. The number of halogens is 1. The zero-order valence-corrected chi connectivity index (χ0v) is 13.3. The third-order valence-corrected chi connectivity index (χ3v) is 3.52. The van der Waals surface area contributed by atoms with Gasteiger partial charge in [0, 0.05) is 45.4 Å². The van der Waals surface area contributed by atoms with Crippen LogP contribution in [-0.2, 0) is 11.2 Å². The van der Waals surface area contributed by atoms with E-state index in [4.69, 9.17) is 5.11 Å². The van der Waals surface area contributed by atoms with E-state index >= 15 is 0 Å². The fraction of sp³-hybridized carbons (Fsp3) is 0.769. The number of hydrogen-bond acceptors (Lipinski definition) is 5. The molecule has 7 nitrogen and oxygen atoms in total. The number of aliphatic hydroxyl groups excluding tert-OH is 1. The normalized spacial score (nSPS) is 16.7. The topological polar surface area (TPSA) is 83.3 Å². The molecule has 0 bridgehead atoms. The number of nitrogens with zero attached hydrogens (tertiary/aromatic N) is 4. The van der Waals surface area contributed by atoms with E-state index in [9.17, 15) is 4.79 Å². The highest BCUT2D eigenvalue weighted by Crippen LogP contribution is 2.20. The van der Waals surface area contributed by atoms with Crippen LogP contribution in [0.5, 0.6) is 0 Å². The molecule has 1 atom stereocenters. The van der Waals surface area contributed by atoms with Crippen molar-refractivity contribution in [3.8, 4) is 0 Å². The molecule has 0 aliphatic carbocycles. The van der Waals surface area contributed by atoms with Crippen molar-refractivity contribution in [3.63, 3.8) is 0 Å². The minimum atomic E-state index is -0.326. The number of nitrogens with one attached hydrogen (secondary N) is 1. The van der Waals surface area contributed by atoms with Crippen LogP contribution in [0.25, 0.3) is 0 Å². The Balaban J connectivity index is 0.00000220. The van der Waals surface area contributed by atoms with Crippen molar-refractivity contribution in [2.24, 2.45) is 5.92 Å². The number of hydrogen-bond donors (Lipinski definition) is 2. The summed E-state index contributed by atoms with van der Waals surface area (Å²) >= 11 is 0. The number of aromatic nitrogens is 3. The summed E-state index contributed by atoms with van der Waals surface area (Å²) in [6, 6.07) is -0.326. The molecule has 8 heteroatoms. The Hall–Kier alpha value is -1.18. The van der Waals surface area contributed by atoms with Gasteiger partial charge in [0.1, 0.15) is 6.04 Å². The van der Waals surface area contributed by atoms with Gasteiger partial charge in [-0.3, -0.25) is 4.79 Å². The summed E-state index contributed by atoms with van der Waals surface area (Å²) in [5, 5.41) is 20.2. The molecular weight excluding hydrogens is 294 g/mol. The van der Waals surface area contributed by atoms with Gasteiger partial charge < -0.3 is 15.3 Å². The molecule has 1 saturated heterocycles. The van der Waals surface area contributed by atoms with Gasteiger partial charge in [0.2, 0.25) is 5.91 Å². The SMILES string of the molecule is CC(C)[C@H](C(=O)N1CCNCC1)n1cc(CCO)nn1.Cl. The van der Waals surface area contributed by atoms with E-state index in [0.29, 0.717) is 12.1 Å². The van der Waals surface area contributed by atoms with Gasteiger partial charge in [-0.1, -0.05) is 19.1 Å². The molecule has 2 rings (SSSR count). The van der Waals surface area contributed by atoms with Crippen LogP contribution in [0.15, 0.2) is 6.20 Å². The average molecular weight is 318 g/mol. The quantitative estimate of drug-likeness (QED) is 0.790. The lowest BCUT2D eigenvalue weighted by Gasteiger charge is -2.32. The first-order valence-corrected chi connectivity index (χ1v) is 7.14. The van der Waals surface area contributed by atoms with Crippen molar-refractivity contribution in [3.05, 3.63) is 11.9 Å². The van der Waals surface area contributed by atoms with Crippen molar-refractivity contribution in [2.45, 2.75) is 26.3 Å². The molecule has 0 spiro atoms. The van der Waals surface area contributed by atoms with E-state index in [0.717, 1.165) is 26.2 Å². The van der Waals surface area contributed by atoms with Gasteiger partial charge >= 0.3 is 0 Å². The van der Waals surface area contributed by atoms with Gasteiger partial charge in [-0.2, -0.15) is 0 Å². The Morgan fingerprint density at radius 3 is 2.67 bits per heavy atom. The minimum Gasteiger partial charge on any atom is -0.396 e. The van der Waals surface area contributed by atoms with E-state index in [-0.39, 0.29) is 36.9 Å². The van der Waals surface area contributed by atoms with Gasteiger partial charge in [-0.05, 0) is 5.92 Å². The highest BCUT2D eigenvalue weighted by atomic mass is 35.5. The summed E-state index contributed by atoms with van der Waals surface area (Å²) < 4.78 is 1.64. The number of carbonyl (C=O) groups excluding carboxylic acids is 1. The first-order valence-electron chi connectivity index (χ1n) is 7.14. The molecule has 0 aromatic carbocycles. The number of piperazine rings is 1. The second-order valence-corrected chi connectivity index (χ2v) is 5.43. The molecule has 2 N–H and O–H groups in total. The predicted octanol–water partition coefficient (Wildman–Crippen LogP) is -0.136. The zero-order valence-electron chi connectivity index (χ0n) is 12.5. The fourth-order valence-electron chi connectivity index (χ4n) is 2.45. The molecule has 0 radical (unpaired) electrons. The van der Waals surface area contributed by atoms with E-state index in [1.165, 1.54) is 0 Å². The molecule has 1 fully saturated rings. The molecule has 1 amide bonds. The standard InChI is InChI=1S/C13H23N5O2.ClH/c1-10(2)12(13(20)17-6-4-14-5-7-17)18-9-11(3-8-19)15-16-18;/h9-10,12,14,19H,3-8H2,1-2H3;1H/t12-;/m1./s1. The first kappa shape index (κ1) is 17.9. The number of carbonyl (C=O) groups is 1. The van der Waals surface area contributed by atoms with Gasteiger partial charge in [-0.15, -0.1) is 17.5 Å². The predicted molar refractivity (Wildman–Crippen MR) is 81.4 cm³/mol. The van der Waals surface area contributed by atoms with Gasteiger partial charge in [0.05, 0.1) is 5.69 Å². The van der Waals surface area contributed by atoms with E-state index in [2.05, 4.69) is 15.6 Å². The summed E-state index contributed by atoms with van der Waals surface area (Å²) in [5.74, 6) is 0.239. The van der Waals surface area contributed by atoms with Crippen LogP contribution >= 0.6 is 12.4 Å². The van der Waals surface area contributed by atoms with Crippen molar-refractivity contribution < 1.29 is 9.90 Å². The molecule has 1 aromatic rings. The lowest BCUT2D eigenvalue weighted by Crippen LogP contribution is -2.49. The van der Waals surface area contributed by atoms with E-state index in [1.54, 1.807) is 10.9 Å². The van der Waals surface area contributed by atoms with Crippen molar-refractivity contribution in [2.75, 3.05) is 32.8 Å². The third kappa shape index (κ3) is 4.39. The lowest BCUT2D eigenvalue weighted by molar-refractivity contribution is -0.137. The van der Waals surface area contributed by atoms with Gasteiger partial charge in [-0.25, -0.2) is 4.68 Å². The maximum absolute atomic E-state index is 12.7. The van der Waals surface area contributed by atoms with Crippen molar-refractivity contribution in [1.29, 1.82) is 0 Å². The second-order valence-electron chi connectivity index (χ2n) is 5.43. The lowest BCUT2D eigenvalue weighted by atomic mass is 10.0. The summed E-state index contributed by atoms with van der Waals surface area (Å²) in [5.41, 5.74) is 0.714. The molecule has 1 aliphatic heterocycles. The van der Waals surface area contributed by atoms with Crippen molar-refractivity contribution in [1.82, 2.24) is 25.2 Å². The maximum atomic E-state index is 12.7. The molecule has 0 unspecified atom stereocenters. The van der Waals surface area contributed by atoms with Crippen LogP contribution in [0.1, 0.15) is 25.6 Å². The fourth-order valence-corrected chi connectivity index (χ4v) is 2.45. The number of amides is 1. The zero-order chi connectivity index (χ0) is 14.5. The molecule has 1 aliphatic rings. The minimum absolute atomic E-state index is 0. The Labute approximate surface area is 131 Å². The van der Waals surface area contributed by atoms with Crippen LogP contribution in [0.2, 0.25) is 0 Å².